The molecule has 0 amide bonds. The molecular formula is C12H9BrN2O2. The number of halogens is 1. The van der Waals surface area contributed by atoms with Crippen molar-refractivity contribution in [3.05, 3.63) is 63.0 Å². The highest BCUT2D eigenvalue weighted by Gasteiger charge is 2.08. The fourth-order valence-corrected chi connectivity index (χ4v) is 1.79. The molecule has 17 heavy (non-hydrogen) atoms. The normalized spacial score (nSPS) is 10.2. The summed E-state index contributed by atoms with van der Waals surface area (Å²) in [5.74, 6) is -0.146. The summed E-state index contributed by atoms with van der Waals surface area (Å²) < 4.78 is 1.97. The number of carbonyl (C=O) groups excluding carboxylic acids is 1. The number of Topliss-reactive ketones (excluding diaryl/α,β-unsaturated/α-hetero) is 1. The minimum absolute atomic E-state index is 0.0455. The van der Waals surface area contributed by atoms with Crippen molar-refractivity contribution in [3.8, 4) is 0 Å². The third kappa shape index (κ3) is 2.88. The number of hydrogen-bond donors (Lipinski definition) is 0. The van der Waals surface area contributed by atoms with E-state index in [2.05, 4.69) is 21.0 Å². The Kier molecular flexibility index (Phi) is 3.49. The molecule has 0 saturated heterocycles. The molecule has 0 bridgehead atoms. The molecule has 0 aliphatic rings. The van der Waals surface area contributed by atoms with E-state index in [9.17, 15) is 9.59 Å². The number of benzene rings is 1. The lowest BCUT2D eigenvalue weighted by Gasteiger charge is -2.03. The highest BCUT2D eigenvalue weighted by Crippen LogP contribution is 2.12. The van der Waals surface area contributed by atoms with E-state index in [4.69, 9.17) is 0 Å². The van der Waals surface area contributed by atoms with Gasteiger partial charge >= 0.3 is 0 Å². The first-order valence-corrected chi connectivity index (χ1v) is 5.77. The van der Waals surface area contributed by atoms with Crippen molar-refractivity contribution in [2.45, 2.75) is 6.54 Å². The van der Waals surface area contributed by atoms with Gasteiger partial charge in [-0.2, -0.15) is 5.10 Å². The topological polar surface area (TPSA) is 52.0 Å². The smallest absolute Gasteiger partial charge is 0.267 e. The van der Waals surface area contributed by atoms with Gasteiger partial charge in [0.15, 0.2) is 5.78 Å². The Morgan fingerprint density at radius 3 is 2.82 bits per heavy atom. The van der Waals surface area contributed by atoms with Gasteiger partial charge in [-0.25, -0.2) is 4.68 Å². The van der Waals surface area contributed by atoms with Crippen LogP contribution in [0.25, 0.3) is 0 Å². The molecule has 1 heterocycles. The molecule has 0 aliphatic heterocycles. The summed E-state index contributed by atoms with van der Waals surface area (Å²) in [7, 11) is 0. The van der Waals surface area contributed by atoms with Gasteiger partial charge in [0.2, 0.25) is 0 Å². The summed E-state index contributed by atoms with van der Waals surface area (Å²) in [4.78, 5) is 23.3. The molecule has 0 spiro atoms. The molecule has 0 fully saturated rings. The highest BCUT2D eigenvalue weighted by atomic mass is 79.9. The number of ketones is 1. The molecule has 1 aromatic heterocycles. The molecule has 1 aromatic carbocycles. The maximum atomic E-state index is 11.9. The lowest BCUT2D eigenvalue weighted by molar-refractivity contribution is 0.0965. The van der Waals surface area contributed by atoms with Gasteiger partial charge in [-0.3, -0.25) is 9.59 Å². The predicted molar refractivity (Wildman–Crippen MR) is 67.0 cm³/mol. The number of hydrogen-bond acceptors (Lipinski definition) is 3. The van der Waals surface area contributed by atoms with E-state index in [0.29, 0.717) is 5.56 Å². The van der Waals surface area contributed by atoms with Crippen molar-refractivity contribution in [2.24, 2.45) is 0 Å². The second-order valence-electron chi connectivity index (χ2n) is 3.45. The molecule has 4 nitrogen and oxygen atoms in total. The van der Waals surface area contributed by atoms with Crippen molar-refractivity contribution in [3.63, 3.8) is 0 Å². The first kappa shape index (κ1) is 11.7. The monoisotopic (exact) mass is 292 g/mol. The van der Waals surface area contributed by atoms with Crippen molar-refractivity contribution in [1.82, 2.24) is 9.78 Å². The van der Waals surface area contributed by atoms with Gasteiger partial charge in [0.05, 0.1) is 0 Å². The Morgan fingerprint density at radius 1 is 1.29 bits per heavy atom. The van der Waals surface area contributed by atoms with Gasteiger partial charge in [0, 0.05) is 22.3 Å². The van der Waals surface area contributed by atoms with Crippen LogP contribution in [0.4, 0.5) is 0 Å². The summed E-state index contributed by atoms with van der Waals surface area (Å²) >= 11 is 3.29. The fraction of sp³-hybridized carbons (Fsp3) is 0.0833. The highest BCUT2D eigenvalue weighted by molar-refractivity contribution is 9.10. The zero-order valence-electron chi connectivity index (χ0n) is 8.84. The van der Waals surface area contributed by atoms with E-state index in [1.807, 2.05) is 6.07 Å². The summed E-state index contributed by atoms with van der Waals surface area (Å²) in [5, 5.41) is 3.84. The second kappa shape index (κ2) is 5.05. The minimum Gasteiger partial charge on any atom is -0.292 e. The third-order valence-electron chi connectivity index (χ3n) is 2.23. The largest absolute Gasteiger partial charge is 0.292 e. The van der Waals surface area contributed by atoms with E-state index >= 15 is 0 Å². The van der Waals surface area contributed by atoms with Gasteiger partial charge < -0.3 is 0 Å². The van der Waals surface area contributed by atoms with E-state index < -0.39 is 0 Å². The van der Waals surface area contributed by atoms with Crippen LogP contribution < -0.4 is 5.56 Å². The fourth-order valence-electron chi connectivity index (χ4n) is 1.40. The first-order chi connectivity index (χ1) is 8.16. The van der Waals surface area contributed by atoms with Crippen molar-refractivity contribution in [1.29, 1.82) is 0 Å². The molecule has 0 atom stereocenters. The van der Waals surface area contributed by atoms with Crippen LogP contribution in [-0.2, 0) is 6.54 Å². The standard InChI is InChI=1S/C12H9BrN2O2/c13-10-4-1-3-9(7-10)11(16)8-15-12(17)5-2-6-14-15/h1-7H,8H2. The molecule has 0 saturated carbocycles. The number of nitrogens with zero attached hydrogens (tertiary/aromatic N) is 2. The van der Waals surface area contributed by atoms with Gasteiger partial charge in [0.1, 0.15) is 6.54 Å². The lowest BCUT2D eigenvalue weighted by Crippen LogP contribution is -2.25. The molecule has 2 aromatic rings. The van der Waals surface area contributed by atoms with E-state index in [1.165, 1.54) is 12.3 Å². The van der Waals surface area contributed by atoms with Crippen LogP contribution >= 0.6 is 15.9 Å². The van der Waals surface area contributed by atoms with E-state index in [-0.39, 0.29) is 17.9 Å². The summed E-state index contributed by atoms with van der Waals surface area (Å²) in [6.07, 6.45) is 1.48. The van der Waals surface area contributed by atoms with Gasteiger partial charge in [-0.1, -0.05) is 28.1 Å². The average molecular weight is 293 g/mol. The predicted octanol–water partition coefficient (Wildman–Crippen LogP) is 1.89. The Hall–Kier alpha value is -1.75. The summed E-state index contributed by atoms with van der Waals surface area (Å²) in [5.41, 5.74) is 0.271. The molecule has 0 aliphatic carbocycles. The quantitative estimate of drug-likeness (QED) is 0.812. The Morgan fingerprint density at radius 2 is 2.12 bits per heavy atom. The Labute approximate surface area is 106 Å². The molecule has 0 radical (unpaired) electrons. The first-order valence-electron chi connectivity index (χ1n) is 4.98. The molecule has 86 valence electrons. The zero-order chi connectivity index (χ0) is 12.3. The summed E-state index contributed by atoms with van der Waals surface area (Å²) in [6.45, 7) is -0.0455. The molecular weight excluding hydrogens is 284 g/mol. The van der Waals surface area contributed by atoms with Crippen LogP contribution in [0.5, 0.6) is 0 Å². The lowest BCUT2D eigenvalue weighted by atomic mass is 10.1. The van der Waals surface area contributed by atoms with Gasteiger partial charge in [-0.05, 0) is 18.2 Å². The van der Waals surface area contributed by atoms with Crippen molar-refractivity contribution in [2.75, 3.05) is 0 Å². The third-order valence-corrected chi connectivity index (χ3v) is 2.72. The van der Waals surface area contributed by atoms with Crippen LogP contribution in [0, 0.1) is 0 Å². The van der Waals surface area contributed by atoms with Crippen molar-refractivity contribution < 1.29 is 4.79 Å². The Balaban J connectivity index is 2.23. The van der Waals surface area contributed by atoms with Crippen LogP contribution in [0.2, 0.25) is 0 Å². The van der Waals surface area contributed by atoms with Gasteiger partial charge in [-0.15, -0.1) is 0 Å². The second-order valence-corrected chi connectivity index (χ2v) is 4.37. The molecule has 0 unspecified atom stereocenters. The van der Waals surface area contributed by atoms with Crippen LogP contribution in [-0.4, -0.2) is 15.6 Å². The maximum Gasteiger partial charge on any atom is 0.267 e. The van der Waals surface area contributed by atoms with Crippen LogP contribution in [0.15, 0.2) is 51.9 Å². The molecule has 2 rings (SSSR count). The minimum atomic E-state index is -0.282. The number of carbonyl (C=O) groups is 1. The van der Waals surface area contributed by atoms with Crippen LogP contribution in [0.1, 0.15) is 10.4 Å². The van der Waals surface area contributed by atoms with Crippen LogP contribution in [0.3, 0.4) is 0 Å². The molecule has 5 heteroatoms. The van der Waals surface area contributed by atoms with E-state index in [1.54, 1.807) is 24.3 Å². The van der Waals surface area contributed by atoms with Crippen molar-refractivity contribution >= 4 is 21.7 Å². The maximum absolute atomic E-state index is 11.9. The average Bonchev–Trinajstić information content (AvgIpc) is 2.32. The zero-order valence-corrected chi connectivity index (χ0v) is 10.4. The summed E-state index contributed by atoms with van der Waals surface area (Å²) in [6, 6.07) is 9.96. The van der Waals surface area contributed by atoms with Gasteiger partial charge in [0.25, 0.3) is 5.56 Å². The Bertz CT molecular complexity index is 607. The number of rotatable bonds is 3. The SMILES string of the molecule is O=C(Cn1ncccc1=O)c1cccc(Br)c1. The molecule has 0 N–H and O–H groups in total. The van der Waals surface area contributed by atoms with E-state index in [0.717, 1.165) is 9.15 Å². The number of aromatic nitrogens is 2.